The molecule has 0 bridgehead atoms. The molecule has 0 unspecified atom stereocenters. The molecule has 2 N–H and O–H groups in total. The van der Waals surface area contributed by atoms with E-state index < -0.39 is 4.92 Å². The Labute approximate surface area is 164 Å². The van der Waals surface area contributed by atoms with E-state index in [4.69, 9.17) is 0 Å². The van der Waals surface area contributed by atoms with Gasteiger partial charge in [-0.1, -0.05) is 19.1 Å². The van der Waals surface area contributed by atoms with Crippen LogP contribution in [0.5, 0.6) is 0 Å². The third kappa shape index (κ3) is 4.57. The SMILES string of the molecule is CCC(=O)Nc1nc(-c2cccc(NC(=O)c3ccc([N+](=O)[O-])cc3)c2)cs1. The number of nitrogens with zero attached hydrogens (tertiary/aromatic N) is 2. The second-order valence-corrected chi connectivity index (χ2v) is 6.64. The fourth-order valence-electron chi connectivity index (χ4n) is 2.37. The molecule has 28 heavy (non-hydrogen) atoms. The van der Waals surface area contributed by atoms with Crippen LogP contribution in [-0.4, -0.2) is 21.7 Å². The highest BCUT2D eigenvalue weighted by molar-refractivity contribution is 7.14. The van der Waals surface area contributed by atoms with Gasteiger partial charge in [0, 0.05) is 40.7 Å². The van der Waals surface area contributed by atoms with E-state index in [0.717, 1.165) is 5.56 Å². The van der Waals surface area contributed by atoms with Gasteiger partial charge in [-0.05, 0) is 24.3 Å². The molecule has 9 heteroatoms. The number of nitrogens with one attached hydrogen (secondary N) is 2. The minimum absolute atomic E-state index is 0.0759. The zero-order valence-corrected chi connectivity index (χ0v) is 15.7. The standard InChI is InChI=1S/C19H16N4O4S/c1-2-17(24)22-19-21-16(11-28-19)13-4-3-5-14(10-13)20-18(25)12-6-8-15(9-7-12)23(26)27/h3-11H,2H2,1H3,(H,20,25)(H,21,22,24). The molecule has 2 aromatic carbocycles. The number of anilines is 2. The lowest BCUT2D eigenvalue weighted by Crippen LogP contribution is -2.11. The first-order valence-corrected chi connectivity index (χ1v) is 9.26. The normalized spacial score (nSPS) is 10.3. The highest BCUT2D eigenvalue weighted by Crippen LogP contribution is 2.27. The summed E-state index contributed by atoms with van der Waals surface area (Å²) in [6.07, 6.45) is 0.374. The lowest BCUT2D eigenvalue weighted by Gasteiger charge is -2.07. The lowest BCUT2D eigenvalue weighted by atomic mass is 10.1. The van der Waals surface area contributed by atoms with Crippen LogP contribution in [0.15, 0.2) is 53.9 Å². The van der Waals surface area contributed by atoms with Crippen molar-refractivity contribution in [3.63, 3.8) is 0 Å². The van der Waals surface area contributed by atoms with Crippen LogP contribution in [0.2, 0.25) is 0 Å². The maximum atomic E-state index is 12.4. The molecule has 1 aromatic heterocycles. The van der Waals surface area contributed by atoms with Crippen molar-refractivity contribution >= 4 is 39.7 Å². The van der Waals surface area contributed by atoms with Crippen LogP contribution in [0.1, 0.15) is 23.7 Å². The number of aromatic nitrogens is 1. The maximum absolute atomic E-state index is 12.4. The Bertz CT molecular complexity index is 1030. The molecular formula is C19H16N4O4S. The second kappa shape index (κ2) is 8.40. The zero-order chi connectivity index (χ0) is 20.1. The van der Waals surface area contributed by atoms with Gasteiger partial charge < -0.3 is 10.6 Å². The first kappa shape index (κ1) is 19.2. The Hall–Kier alpha value is -3.59. The van der Waals surface area contributed by atoms with Crippen molar-refractivity contribution < 1.29 is 14.5 Å². The van der Waals surface area contributed by atoms with E-state index in [2.05, 4.69) is 15.6 Å². The largest absolute Gasteiger partial charge is 0.322 e. The van der Waals surface area contributed by atoms with Crippen LogP contribution in [0.3, 0.4) is 0 Å². The summed E-state index contributed by atoms with van der Waals surface area (Å²) in [7, 11) is 0. The smallest absolute Gasteiger partial charge is 0.269 e. The number of rotatable bonds is 6. The molecule has 0 saturated heterocycles. The average molecular weight is 396 g/mol. The molecule has 0 radical (unpaired) electrons. The predicted molar refractivity (Wildman–Crippen MR) is 108 cm³/mol. The van der Waals surface area contributed by atoms with E-state index >= 15 is 0 Å². The molecule has 0 aliphatic heterocycles. The third-order valence-corrected chi connectivity index (χ3v) is 4.59. The minimum Gasteiger partial charge on any atom is -0.322 e. The Morgan fingerprint density at radius 1 is 1.14 bits per heavy atom. The van der Waals surface area contributed by atoms with Crippen LogP contribution in [-0.2, 0) is 4.79 Å². The van der Waals surface area contributed by atoms with Gasteiger partial charge in [0.15, 0.2) is 5.13 Å². The quantitative estimate of drug-likeness (QED) is 0.476. The summed E-state index contributed by atoms with van der Waals surface area (Å²) in [4.78, 5) is 38.4. The van der Waals surface area contributed by atoms with Crippen molar-refractivity contribution in [2.45, 2.75) is 13.3 Å². The van der Waals surface area contributed by atoms with E-state index in [1.807, 2.05) is 11.4 Å². The fourth-order valence-corrected chi connectivity index (χ4v) is 3.10. The topological polar surface area (TPSA) is 114 Å². The van der Waals surface area contributed by atoms with Gasteiger partial charge in [0.05, 0.1) is 10.6 Å². The molecule has 3 rings (SSSR count). The summed E-state index contributed by atoms with van der Waals surface area (Å²) in [6.45, 7) is 1.76. The van der Waals surface area contributed by atoms with Gasteiger partial charge in [0.25, 0.3) is 11.6 Å². The van der Waals surface area contributed by atoms with Crippen molar-refractivity contribution in [3.8, 4) is 11.3 Å². The molecule has 0 atom stereocenters. The number of carbonyl (C=O) groups is 2. The molecule has 0 aliphatic rings. The predicted octanol–water partition coefficient (Wildman–Crippen LogP) is 4.32. The zero-order valence-electron chi connectivity index (χ0n) is 14.8. The first-order chi connectivity index (χ1) is 13.5. The van der Waals surface area contributed by atoms with Gasteiger partial charge in [-0.3, -0.25) is 19.7 Å². The van der Waals surface area contributed by atoms with Crippen molar-refractivity contribution in [3.05, 3.63) is 69.6 Å². The number of nitro benzene ring substituents is 1. The highest BCUT2D eigenvalue weighted by Gasteiger charge is 2.11. The van der Waals surface area contributed by atoms with E-state index in [1.54, 1.807) is 25.1 Å². The lowest BCUT2D eigenvalue weighted by molar-refractivity contribution is -0.384. The van der Waals surface area contributed by atoms with Crippen molar-refractivity contribution in [1.29, 1.82) is 0 Å². The van der Waals surface area contributed by atoms with Gasteiger partial charge in [0.2, 0.25) is 5.91 Å². The summed E-state index contributed by atoms with van der Waals surface area (Å²) >= 11 is 1.32. The number of nitro groups is 1. The minimum atomic E-state index is -0.518. The van der Waals surface area contributed by atoms with Gasteiger partial charge in [0.1, 0.15) is 0 Å². The second-order valence-electron chi connectivity index (χ2n) is 5.78. The number of thiazole rings is 1. The molecule has 0 spiro atoms. The van der Waals surface area contributed by atoms with E-state index in [-0.39, 0.29) is 17.5 Å². The summed E-state index contributed by atoms with van der Waals surface area (Å²) in [5, 5.41) is 18.5. The van der Waals surface area contributed by atoms with Crippen LogP contribution >= 0.6 is 11.3 Å². The molecule has 3 aromatic rings. The Balaban J connectivity index is 1.73. The van der Waals surface area contributed by atoms with Crippen molar-refractivity contribution in [2.24, 2.45) is 0 Å². The number of hydrogen-bond acceptors (Lipinski definition) is 6. The molecule has 0 saturated carbocycles. The van der Waals surface area contributed by atoms with Gasteiger partial charge in [-0.15, -0.1) is 11.3 Å². The monoisotopic (exact) mass is 396 g/mol. The fraction of sp³-hybridized carbons (Fsp3) is 0.105. The summed E-state index contributed by atoms with van der Waals surface area (Å²) in [5.74, 6) is -0.480. The molecule has 0 fully saturated rings. The van der Waals surface area contributed by atoms with Crippen LogP contribution in [0.25, 0.3) is 11.3 Å². The van der Waals surface area contributed by atoms with E-state index in [9.17, 15) is 19.7 Å². The molecule has 0 aliphatic carbocycles. The van der Waals surface area contributed by atoms with E-state index in [0.29, 0.717) is 28.5 Å². The Kier molecular flexibility index (Phi) is 5.75. The molecular weight excluding hydrogens is 380 g/mol. The number of amides is 2. The van der Waals surface area contributed by atoms with Gasteiger partial charge >= 0.3 is 0 Å². The molecule has 1 heterocycles. The number of carbonyl (C=O) groups excluding carboxylic acids is 2. The van der Waals surface area contributed by atoms with Crippen molar-refractivity contribution in [2.75, 3.05) is 10.6 Å². The van der Waals surface area contributed by atoms with Gasteiger partial charge in [-0.25, -0.2) is 4.98 Å². The molecule has 2 amide bonds. The van der Waals surface area contributed by atoms with Crippen molar-refractivity contribution in [1.82, 2.24) is 4.98 Å². The number of non-ortho nitro benzene ring substituents is 1. The van der Waals surface area contributed by atoms with E-state index in [1.165, 1.54) is 35.6 Å². The maximum Gasteiger partial charge on any atom is 0.269 e. The van der Waals surface area contributed by atoms with Crippen LogP contribution < -0.4 is 10.6 Å². The first-order valence-electron chi connectivity index (χ1n) is 8.38. The third-order valence-electron chi connectivity index (χ3n) is 3.83. The van der Waals surface area contributed by atoms with Crippen LogP contribution in [0, 0.1) is 10.1 Å². The Morgan fingerprint density at radius 2 is 1.89 bits per heavy atom. The van der Waals surface area contributed by atoms with Crippen LogP contribution in [0.4, 0.5) is 16.5 Å². The summed E-state index contributed by atoms with van der Waals surface area (Å²) in [6, 6.07) is 12.5. The molecule has 142 valence electrons. The molecule has 8 nitrogen and oxygen atoms in total. The Morgan fingerprint density at radius 3 is 2.57 bits per heavy atom. The summed E-state index contributed by atoms with van der Waals surface area (Å²) in [5.41, 5.74) is 2.27. The number of hydrogen-bond donors (Lipinski definition) is 2. The average Bonchev–Trinajstić information content (AvgIpc) is 3.16. The number of benzene rings is 2. The highest BCUT2D eigenvalue weighted by atomic mass is 32.1. The van der Waals surface area contributed by atoms with Gasteiger partial charge in [-0.2, -0.15) is 0 Å². The summed E-state index contributed by atoms with van der Waals surface area (Å²) < 4.78 is 0.